The van der Waals surface area contributed by atoms with Crippen molar-refractivity contribution in [2.75, 3.05) is 0 Å². The molecule has 0 atom stereocenters. The summed E-state index contributed by atoms with van der Waals surface area (Å²) >= 11 is 0. The predicted molar refractivity (Wildman–Crippen MR) is 30.7 cm³/mol. The van der Waals surface area contributed by atoms with E-state index in [9.17, 15) is 0 Å². The summed E-state index contributed by atoms with van der Waals surface area (Å²) in [6, 6.07) is 0. The molecule has 1 aliphatic rings. The van der Waals surface area contributed by atoms with Gasteiger partial charge in [-0.1, -0.05) is 0 Å². The Morgan fingerprint density at radius 2 is 2.20 bits per heavy atom. The second-order valence-corrected chi connectivity index (χ2v) is 1.41. The second kappa shape index (κ2) is 3.14. The first kappa shape index (κ1) is 6.98. The second-order valence-electron chi connectivity index (χ2n) is 1.41. The molecule has 1 rings (SSSR count). The molecule has 0 radical (unpaired) electrons. The minimum absolute atomic E-state index is 0.0995. The third-order valence-corrected chi connectivity index (χ3v) is 0.704. The Bertz CT molecular complexity index is 163. The lowest BCUT2D eigenvalue weighted by atomic mass is 10.3. The van der Waals surface area contributed by atoms with Gasteiger partial charge in [-0.25, -0.2) is 0 Å². The Hall–Kier alpha value is -1.14. The van der Waals surface area contributed by atoms with Gasteiger partial charge in [0.2, 0.25) is 0 Å². The minimum Gasteiger partial charge on any atom is -0.482 e. The molecule has 0 amide bonds. The van der Waals surface area contributed by atoms with Gasteiger partial charge in [-0.3, -0.25) is 0 Å². The Labute approximate surface area is 57.3 Å². The Balaban J connectivity index is 2.34. The van der Waals surface area contributed by atoms with Crippen molar-refractivity contribution in [3.8, 4) is 0 Å². The first-order chi connectivity index (χ1) is 4.79. The number of rotatable bonds is 2. The zero-order valence-electron chi connectivity index (χ0n) is 4.93. The van der Waals surface area contributed by atoms with Crippen LogP contribution in [0, 0.1) is 0 Å². The van der Waals surface area contributed by atoms with Gasteiger partial charge in [-0.2, -0.15) is 0 Å². The molecular formula is C4H5BO5. The predicted octanol–water partition coefficient (Wildman–Crippen LogP) is -0.711. The quantitative estimate of drug-likeness (QED) is 0.501. The molecule has 0 saturated heterocycles. The molecule has 0 aliphatic carbocycles. The highest BCUT2D eigenvalue weighted by atomic mass is 16.7. The fourth-order valence-corrected chi connectivity index (χ4v) is 0.409. The molecule has 0 unspecified atom stereocenters. The summed E-state index contributed by atoms with van der Waals surface area (Å²) in [5.41, 5.74) is 0. The first-order valence-corrected chi connectivity index (χ1v) is 2.49. The van der Waals surface area contributed by atoms with Gasteiger partial charge in [0.05, 0.1) is 0 Å². The van der Waals surface area contributed by atoms with Gasteiger partial charge in [0.15, 0.2) is 6.26 Å². The van der Waals surface area contributed by atoms with Gasteiger partial charge < -0.3 is 24.2 Å². The van der Waals surface area contributed by atoms with Gasteiger partial charge in [0, 0.05) is 0 Å². The van der Waals surface area contributed by atoms with Crippen LogP contribution in [0.3, 0.4) is 0 Å². The third kappa shape index (κ3) is 2.00. The van der Waals surface area contributed by atoms with E-state index in [-0.39, 0.29) is 5.95 Å². The summed E-state index contributed by atoms with van der Waals surface area (Å²) in [7, 11) is -1.89. The van der Waals surface area contributed by atoms with E-state index in [1.165, 1.54) is 12.5 Å². The van der Waals surface area contributed by atoms with E-state index in [0.29, 0.717) is 0 Å². The van der Waals surface area contributed by atoms with E-state index in [0.717, 1.165) is 6.26 Å². The molecule has 6 heteroatoms. The molecule has 10 heavy (non-hydrogen) atoms. The van der Waals surface area contributed by atoms with Gasteiger partial charge in [-0.05, 0) is 0 Å². The minimum atomic E-state index is -1.89. The molecule has 0 aromatic carbocycles. The smallest absolute Gasteiger partial charge is 0.482 e. The third-order valence-electron chi connectivity index (χ3n) is 0.704. The summed E-state index contributed by atoms with van der Waals surface area (Å²) in [4.78, 5) is 0. The molecule has 0 fully saturated rings. The van der Waals surface area contributed by atoms with Crippen LogP contribution in [0.15, 0.2) is 24.7 Å². The highest BCUT2D eigenvalue weighted by Crippen LogP contribution is 2.06. The van der Waals surface area contributed by atoms with Crippen molar-refractivity contribution in [3.63, 3.8) is 0 Å². The zero-order chi connectivity index (χ0) is 7.40. The fourth-order valence-electron chi connectivity index (χ4n) is 0.409. The maximum absolute atomic E-state index is 8.24. The van der Waals surface area contributed by atoms with Crippen molar-refractivity contribution in [2.24, 2.45) is 0 Å². The van der Waals surface area contributed by atoms with E-state index in [1.807, 2.05) is 0 Å². The van der Waals surface area contributed by atoms with Crippen LogP contribution in [0.1, 0.15) is 0 Å². The van der Waals surface area contributed by atoms with E-state index in [1.54, 1.807) is 0 Å². The van der Waals surface area contributed by atoms with Crippen LogP contribution >= 0.6 is 0 Å². The van der Waals surface area contributed by atoms with Crippen molar-refractivity contribution < 1.29 is 24.2 Å². The maximum atomic E-state index is 8.24. The van der Waals surface area contributed by atoms with Crippen LogP contribution in [0.2, 0.25) is 0 Å². The van der Waals surface area contributed by atoms with Crippen LogP contribution in [0.5, 0.6) is 0 Å². The average molecular weight is 144 g/mol. The standard InChI is InChI=1S/C4H5BO5/c6-5(7)10-4-3-8-1-2-9-4/h1-3,6-7H. The fraction of sp³-hybridized carbons (Fsp3) is 0. The van der Waals surface area contributed by atoms with Crippen molar-refractivity contribution in [1.82, 2.24) is 0 Å². The summed E-state index contributed by atoms with van der Waals surface area (Å²) in [5.74, 6) is -0.0995. The molecule has 0 bridgehead atoms. The molecule has 0 saturated carbocycles. The van der Waals surface area contributed by atoms with E-state index >= 15 is 0 Å². The first-order valence-electron chi connectivity index (χ1n) is 2.49. The van der Waals surface area contributed by atoms with E-state index < -0.39 is 7.32 Å². The molecule has 1 aliphatic heterocycles. The van der Waals surface area contributed by atoms with E-state index in [2.05, 4.69) is 14.1 Å². The van der Waals surface area contributed by atoms with Crippen LogP contribution in [-0.4, -0.2) is 17.4 Å². The van der Waals surface area contributed by atoms with Gasteiger partial charge >= 0.3 is 13.3 Å². The lowest BCUT2D eigenvalue weighted by Crippen LogP contribution is -2.17. The number of hydrogen-bond acceptors (Lipinski definition) is 5. The Kier molecular flexibility index (Phi) is 2.19. The molecule has 0 spiro atoms. The highest BCUT2D eigenvalue weighted by Gasteiger charge is 2.15. The monoisotopic (exact) mass is 144 g/mol. The molecule has 0 aromatic rings. The van der Waals surface area contributed by atoms with Crippen LogP contribution in [-0.2, 0) is 14.1 Å². The summed E-state index contributed by atoms with van der Waals surface area (Å²) in [6.45, 7) is 0. The zero-order valence-corrected chi connectivity index (χ0v) is 4.93. The molecular weight excluding hydrogens is 139 g/mol. The number of hydrogen-bond donors (Lipinski definition) is 2. The maximum Gasteiger partial charge on any atom is 0.709 e. The molecule has 0 aromatic heterocycles. The average Bonchev–Trinajstić information content (AvgIpc) is 1.88. The van der Waals surface area contributed by atoms with Gasteiger partial charge in [-0.15, -0.1) is 0 Å². The largest absolute Gasteiger partial charge is 0.709 e. The van der Waals surface area contributed by atoms with Crippen molar-refractivity contribution in [3.05, 3.63) is 24.7 Å². The number of ether oxygens (including phenoxy) is 2. The molecule has 1 heterocycles. The van der Waals surface area contributed by atoms with Crippen molar-refractivity contribution >= 4 is 7.32 Å². The van der Waals surface area contributed by atoms with Crippen LogP contribution in [0.4, 0.5) is 0 Å². The topological polar surface area (TPSA) is 68.2 Å². The highest BCUT2D eigenvalue weighted by molar-refractivity contribution is 6.33. The van der Waals surface area contributed by atoms with Gasteiger partial charge in [0.25, 0.3) is 0 Å². The SMILES string of the molecule is OB(O)OC1=COC=CO1. The summed E-state index contributed by atoms with van der Waals surface area (Å²) in [5, 5.41) is 16.5. The van der Waals surface area contributed by atoms with E-state index in [4.69, 9.17) is 10.0 Å². The summed E-state index contributed by atoms with van der Waals surface area (Å²) < 4.78 is 13.4. The normalized spacial score (nSPS) is 14.8. The summed E-state index contributed by atoms with van der Waals surface area (Å²) in [6.07, 6.45) is 3.58. The van der Waals surface area contributed by atoms with Gasteiger partial charge in [0.1, 0.15) is 12.5 Å². The van der Waals surface area contributed by atoms with Crippen LogP contribution < -0.4 is 0 Å². The molecule has 2 N–H and O–H groups in total. The molecule has 5 nitrogen and oxygen atoms in total. The lowest BCUT2D eigenvalue weighted by Gasteiger charge is -2.09. The Morgan fingerprint density at radius 1 is 1.40 bits per heavy atom. The lowest BCUT2D eigenvalue weighted by molar-refractivity contribution is 0.100. The van der Waals surface area contributed by atoms with Crippen molar-refractivity contribution in [2.45, 2.75) is 0 Å². The van der Waals surface area contributed by atoms with Crippen LogP contribution in [0.25, 0.3) is 0 Å². The van der Waals surface area contributed by atoms with Crippen molar-refractivity contribution in [1.29, 1.82) is 0 Å². The Morgan fingerprint density at radius 3 is 2.70 bits per heavy atom. The molecule has 54 valence electrons.